The molecule has 0 atom stereocenters. The van der Waals surface area contributed by atoms with Crippen molar-refractivity contribution in [2.45, 2.75) is 13.0 Å². The largest absolute Gasteiger partial charge is 0.388 e. The molecule has 5 nitrogen and oxygen atoms in total. The van der Waals surface area contributed by atoms with Gasteiger partial charge in [-0.15, -0.1) is 11.3 Å². The third kappa shape index (κ3) is 2.65. The molecule has 3 aromatic rings. The summed E-state index contributed by atoms with van der Waals surface area (Å²) in [5.74, 6) is -0.389. The Labute approximate surface area is 159 Å². The highest BCUT2D eigenvalue weighted by Gasteiger charge is 2.28. The Kier molecular flexibility index (Phi) is 4.34. The molecule has 2 aromatic heterocycles. The molecule has 0 saturated carbocycles. The number of rotatable bonds is 3. The second-order valence-corrected chi connectivity index (χ2v) is 7.87. The number of carbonyl (C=O) groups is 2. The SMILES string of the molecule is Cn1c(C(=O)N2CCc3sc(C(=O)CO)cc3C2)c(Cl)c2ccccc21. The Morgan fingerprint density at radius 3 is 2.81 bits per heavy atom. The molecule has 0 unspecified atom stereocenters. The van der Waals surface area contributed by atoms with Crippen molar-refractivity contribution >= 4 is 45.5 Å². The van der Waals surface area contributed by atoms with Crippen LogP contribution < -0.4 is 0 Å². The van der Waals surface area contributed by atoms with Gasteiger partial charge in [-0.25, -0.2) is 0 Å². The first-order chi connectivity index (χ1) is 12.5. The zero-order valence-corrected chi connectivity index (χ0v) is 15.7. The Hall–Kier alpha value is -2.15. The third-order valence-corrected chi connectivity index (χ3v) is 6.48. The van der Waals surface area contributed by atoms with E-state index in [1.165, 1.54) is 11.3 Å². The van der Waals surface area contributed by atoms with Crippen molar-refractivity contribution in [3.63, 3.8) is 0 Å². The zero-order chi connectivity index (χ0) is 18.4. The van der Waals surface area contributed by atoms with E-state index in [4.69, 9.17) is 16.7 Å². The van der Waals surface area contributed by atoms with Gasteiger partial charge in [-0.2, -0.15) is 0 Å². The molecule has 134 valence electrons. The number of halogens is 1. The highest BCUT2D eigenvalue weighted by atomic mass is 35.5. The summed E-state index contributed by atoms with van der Waals surface area (Å²) in [6, 6.07) is 9.47. The summed E-state index contributed by atoms with van der Waals surface area (Å²) in [4.78, 5) is 28.3. The lowest BCUT2D eigenvalue weighted by molar-refractivity contribution is 0.0727. The fourth-order valence-corrected chi connectivity index (χ4v) is 4.92. The molecule has 7 heteroatoms. The molecule has 1 aliphatic rings. The van der Waals surface area contributed by atoms with E-state index in [0.29, 0.717) is 35.1 Å². The van der Waals surface area contributed by atoms with E-state index in [1.807, 2.05) is 35.9 Å². The van der Waals surface area contributed by atoms with Gasteiger partial charge in [0.1, 0.15) is 12.3 Å². The predicted molar refractivity (Wildman–Crippen MR) is 102 cm³/mol. The quantitative estimate of drug-likeness (QED) is 0.700. The van der Waals surface area contributed by atoms with Crippen molar-refractivity contribution in [1.29, 1.82) is 0 Å². The number of Topliss-reactive ketones (excluding diaryl/α,β-unsaturated/α-hetero) is 1. The highest BCUT2D eigenvalue weighted by Crippen LogP contribution is 2.33. The van der Waals surface area contributed by atoms with Crippen molar-refractivity contribution in [3.8, 4) is 0 Å². The molecule has 0 spiro atoms. The van der Waals surface area contributed by atoms with Gasteiger partial charge >= 0.3 is 0 Å². The smallest absolute Gasteiger partial charge is 0.272 e. The van der Waals surface area contributed by atoms with Crippen LogP contribution in [0.15, 0.2) is 30.3 Å². The Balaban J connectivity index is 1.66. The summed E-state index contributed by atoms with van der Waals surface area (Å²) in [7, 11) is 1.85. The van der Waals surface area contributed by atoms with Crippen molar-refractivity contribution in [2.24, 2.45) is 7.05 Å². The third-order valence-electron chi connectivity index (χ3n) is 4.82. The number of ketones is 1. The van der Waals surface area contributed by atoms with Crippen LogP contribution in [0.3, 0.4) is 0 Å². The Bertz CT molecular complexity index is 998. The van der Waals surface area contributed by atoms with Crippen LogP contribution in [-0.2, 0) is 20.0 Å². The molecule has 1 aromatic carbocycles. The lowest BCUT2D eigenvalue weighted by Gasteiger charge is -2.27. The van der Waals surface area contributed by atoms with E-state index >= 15 is 0 Å². The first-order valence-corrected chi connectivity index (χ1v) is 9.48. The number of para-hydroxylation sites is 1. The number of aliphatic hydroxyl groups is 1. The summed E-state index contributed by atoms with van der Waals surface area (Å²) in [6.07, 6.45) is 0.700. The lowest BCUT2D eigenvalue weighted by Crippen LogP contribution is -2.36. The van der Waals surface area contributed by atoms with E-state index in [0.717, 1.165) is 21.3 Å². The molecule has 0 radical (unpaired) electrons. The van der Waals surface area contributed by atoms with Crippen LogP contribution in [0.25, 0.3) is 10.9 Å². The second-order valence-electron chi connectivity index (χ2n) is 6.36. The van der Waals surface area contributed by atoms with E-state index in [2.05, 4.69) is 0 Å². The van der Waals surface area contributed by atoms with Crippen LogP contribution >= 0.6 is 22.9 Å². The summed E-state index contributed by atoms with van der Waals surface area (Å²) in [5.41, 5.74) is 2.38. The summed E-state index contributed by atoms with van der Waals surface area (Å²) >= 11 is 7.91. The number of amides is 1. The van der Waals surface area contributed by atoms with Crippen LogP contribution in [0.1, 0.15) is 30.6 Å². The highest BCUT2D eigenvalue weighted by molar-refractivity contribution is 7.14. The molecule has 1 amide bonds. The van der Waals surface area contributed by atoms with Gasteiger partial charge < -0.3 is 14.6 Å². The maximum absolute atomic E-state index is 13.1. The molecular weight excluding hydrogens is 372 g/mol. The fourth-order valence-electron chi connectivity index (χ4n) is 3.46. The van der Waals surface area contributed by atoms with Crippen LogP contribution in [-0.4, -0.2) is 39.4 Å². The van der Waals surface area contributed by atoms with Gasteiger partial charge in [-0.3, -0.25) is 9.59 Å². The average Bonchev–Trinajstić information content (AvgIpc) is 3.20. The number of aromatic nitrogens is 1. The van der Waals surface area contributed by atoms with Crippen LogP contribution in [0.5, 0.6) is 0 Å². The maximum Gasteiger partial charge on any atom is 0.272 e. The second kappa shape index (κ2) is 6.54. The van der Waals surface area contributed by atoms with Gasteiger partial charge in [0.25, 0.3) is 5.91 Å². The summed E-state index contributed by atoms with van der Waals surface area (Å²) in [6.45, 7) is 0.534. The first-order valence-electron chi connectivity index (χ1n) is 8.29. The molecule has 0 bridgehead atoms. The van der Waals surface area contributed by atoms with Crippen molar-refractivity contribution < 1.29 is 14.7 Å². The standard InChI is InChI=1S/C19H17ClN2O3S/c1-21-13-5-3-2-4-12(13)17(20)18(21)19(25)22-7-6-15-11(9-22)8-16(26-15)14(24)10-23/h2-5,8,23H,6-7,9-10H2,1H3. The predicted octanol–water partition coefficient (Wildman–Crippen LogP) is 3.27. The molecule has 3 heterocycles. The van der Waals surface area contributed by atoms with Gasteiger partial charge in [-0.05, 0) is 24.1 Å². The molecular formula is C19H17ClN2O3S. The normalized spacial score (nSPS) is 13.9. The van der Waals surface area contributed by atoms with E-state index in [9.17, 15) is 9.59 Å². The van der Waals surface area contributed by atoms with E-state index < -0.39 is 6.61 Å². The minimum Gasteiger partial charge on any atom is -0.388 e. The zero-order valence-electron chi connectivity index (χ0n) is 14.2. The summed E-state index contributed by atoms with van der Waals surface area (Å²) < 4.78 is 1.84. The number of hydrogen-bond acceptors (Lipinski definition) is 4. The van der Waals surface area contributed by atoms with Crippen molar-refractivity contribution in [3.05, 3.63) is 56.4 Å². The molecule has 0 aliphatic carbocycles. The number of benzene rings is 1. The summed E-state index contributed by atoms with van der Waals surface area (Å²) in [5, 5.41) is 10.4. The minimum absolute atomic E-state index is 0.111. The number of fused-ring (bicyclic) bond motifs is 2. The maximum atomic E-state index is 13.1. The van der Waals surface area contributed by atoms with Crippen LogP contribution in [0, 0.1) is 0 Å². The molecule has 0 fully saturated rings. The van der Waals surface area contributed by atoms with Crippen molar-refractivity contribution in [1.82, 2.24) is 9.47 Å². The monoisotopic (exact) mass is 388 g/mol. The van der Waals surface area contributed by atoms with Gasteiger partial charge in [-0.1, -0.05) is 29.8 Å². The Morgan fingerprint density at radius 1 is 1.31 bits per heavy atom. The number of carbonyl (C=O) groups excluding carboxylic acids is 2. The lowest BCUT2D eigenvalue weighted by atomic mass is 10.1. The van der Waals surface area contributed by atoms with Gasteiger partial charge in [0, 0.05) is 35.9 Å². The Morgan fingerprint density at radius 2 is 2.08 bits per heavy atom. The van der Waals surface area contributed by atoms with E-state index in [1.54, 1.807) is 11.0 Å². The molecule has 1 N–H and O–H groups in total. The number of hydrogen-bond donors (Lipinski definition) is 1. The van der Waals surface area contributed by atoms with Crippen molar-refractivity contribution in [2.75, 3.05) is 13.2 Å². The van der Waals surface area contributed by atoms with Gasteiger partial charge in [0.15, 0.2) is 5.78 Å². The molecule has 26 heavy (non-hydrogen) atoms. The van der Waals surface area contributed by atoms with Crippen LogP contribution in [0.2, 0.25) is 5.02 Å². The van der Waals surface area contributed by atoms with Gasteiger partial charge in [0.2, 0.25) is 0 Å². The first kappa shape index (κ1) is 17.3. The number of aliphatic hydroxyl groups excluding tert-OH is 1. The number of thiophene rings is 1. The minimum atomic E-state index is -0.492. The van der Waals surface area contributed by atoms with E-state index in [-0.39, 0.29) is 11.7 Å². The average molecular weight is 389 g/mol. The fraction of sp³-hybridized carbons (Fsp3) is 0.263. The topological polar surface area (TPSA) is 62.5 Å². The number of aryl methyl sites for hydroxylation is 1. The number of nitrogens with zero attached hydrogens (tertiary/aromatic N) is 2. The van der Waals surface area contributed by atoms with Gasteiger partial charge in [0.05, 0.1) is 9.90 Å². The molecule has 0 saturated heterocycles. The molecule has 4 rings (SSSR count). The molecule has 1 aliphatic heterocycles. The van der Waals surface area contributed by atoms with Crippen LogP contribution in [0.4, 0.5) is 0 Å².